The fraction of sp³-hybridized carbons (Fsp3) is 0.161. The van der Waals surface area contributed by atoms with Gasteiger partial charge in [0.15, 0.2) is 11.6 Å². The maximum absolute atomic E-state index is 14.3. The topological polar surface area (TPSA) is 163 Å². The molecule has 4 atom stereocenters. The van der Waals surface area contributed by atoms with Crippen LogP contribution in [0.3, 0.4) is 0 Å². The summed E-state index contributed by atoms with van der Waals surface area (Å²) < 4.78 is 17.7. The van der Waals surface area contributed by atoms with Gasteiger partial charge in [0.25, 0.3) is 0 Å². The molecular formula is C31H24O10. The molecule has 4 aromatic rings. The Hall–Kier alpha value is -5.38. The molecule has 0 aliphatic carbocycles. The van der Waals surface area contributed by atoms with Crippen LogP contribution < -0.4 is 14.2 Å². The van der Waals surface area contributed by atoms with Gasteiger partial charge in [0.1, 0.15) is 69.3 Å². The lowest BCUT2D eigenvalue weighted by Gasteiger charge is -2.42. The normalized spacial score (nSPS) is 21.3. The van der Waals surface area contributed by atoms with Crippen molar-refractivity contribution in [1.82, 2.24) is 0 Å². The molecule has 4 aromatic carbocycles. The first-order chi connectivity index (χ1) is 19.7. The van der Waals surface area contributed by atoms with Crippen LogP contribution in [0.5, 0.6) is 46.0 Å². The number of Topliss-reactive ketones (excluding diaryl/α,β-unsaturated/α-hetero) is 2. The molecule has 0 unspecified atom stereocenters. The van der Waals surface area contributed by atoms with E-state index in [9.17, 15) is 35.1 Å². The number of carbonyl (C=O) groups excluding carboxylic acids is 2. The molecule has 0 spiro atoms. The van der Waals surface area contributed by atoms with Gasteiger partial charge in [0.05, 0.1) is 18.9 Å². The molecule has 208 valence electrons. The predicted octanol–water partition coefficient (Wildman–Crippen LogP) is 4.79. The highest BCUT2D eigenvalue weighted by Gasteiger charge is 2.53. The van der Waals surface area contributed by atoms with Crippen molar-refractivity contribution in [2.75, 3.05) is 7.11 Å². The molecular weight excluding hydrogens is 532 g/mol. The van der Waals surface area contributed by atoms with E-state index in [-0.39, 0.29) is 39.9 Å². The lowest BCUT2D eigenvalue weighted by Crippen LogP contribution is -2.45. The third kappa shape index (κ3) is 4.29. The molecule has 0 aromatic heterocycles. The minimum atomic E-state index is -1.30. The molecule has 10 heteroatoms. The van der Waals surface area contributed by atoms with Gasteiger partial charge in [-0.1, -0.05) is 24.3 Å². The molecule has 6 rings (SSSR count). The third-order valence-electron chi connectivity index (χ3n) is 7.44. The van der Waals surface area contributed by atoms with Crippen molar-refractivity contribution in [2.24, 2.45) is 11.8 Å². The number of benzene rings is 4. The monoisotopic (exact) mass is 556 g/mol. The number of rotatable bonds is 4. The molecule has 0 radical (unpaired) electrons. The Balaban J connectivity index is 1.58. The average molecular weight is 557 g/mol. The first kappa shape index (κ1) is 25.9. The third-order valence-corrected chi connectivity index (χ3v) is 7.44. The Morgan fingerprint density at radius 3 is 1.41 bits per heavy atom. The molecule has 10 nitrogen and oxygen atoms in total. The first-order valence-corrected chi connectivity index (χ1v) is 12.6. The SMILES string of the molecule is COc1ccc([C@H]2Oc3cc(O)cc(O)c3C(=O)[C@@H]2[C@@H]2C(=O)c3c(O)cc(O)cc3O[C@@H]2c2ccc(O)cc2)cc1. The number of phenols is 5. The van der Waals surface area contributed by atoms with Gasteiger partial charge >= 0.3 is 0 Å². The van der Waals surface area contributed by atoms with E-state index in [4.69, 9.17) is 14.2 Å². The van der Waals surface area contributed by atoms with Crippen LogP contribution in [0.15, 0.2) is 72.8 Å². The zero-order valence-electron chi connectivity index (χ0n) is 21.5. The summed E-state index contributed by atoms with van der Waals surface area (Å²) in [4.78, 5) is 28.6. The maximum Gasteiger partial charge on any atom is 0.178 e. The Labute approximate surface area is 233 Å². The highest BCUT2D eigenvalue weighted by Crippen LogP contribution is 2.53. The van der Waals surface area contributed by atoms with Crippen molar-refractivity contribution in [3.8, 4) is 46.0 Å². The molecule has 41 heavy (non-hydrogen) atoms. The predicted molar refractivity (Wildman–Crippen MR) is 143 cm³/mol. The molecule has 0 bridgehead atoms. The van der Waals surface area contributed by atoms with Crippen LogP contribution in [0.2, 0.25) is 0 Å². The van der Waals surface area contributed by atoms with Crippen molar-refractivity contribution in [3.63, 3.8) is 0 Å². The summed E-state index contributed by atoms with van der Waals surface area (Å²) in [5.74, 6) is -5.23. The summed E-state index contributed by atoms with van der Waals surface area (Å²) in [7, 11) is 1.50. The van der Waals surface area contributed by atoms with E-state index in [1.807, 2.05) is 0 Å². The minimum Gasteiger partial charge on any atom is -0.508 e. The summed E-state index contributed by atoms with van der Waals surface area (Å²) >= 11 is 0. The van der Waals surface area contributed by atoms with E-state index in [1.54, 1.807) is 24.3 Å². The van der Waals surface area contributed by atoms with E-state index < -0.39 is 47.1 Å². The van der Waals surface area contributed by atoms with Gasteiger partial charge in [-0.2, -0.15) is 0 Å². The van der Waals surface area contributed by atoms with Gasteiger partial charge in [-0.15, -0.1) is 0 Å². The summed E-state index contributed by atoms with van der Waals surface area (Å²) in [5.41, 5.74) is 0.493. The first-order valence-electron chi connectivity index (χ1n) is 12.6. The second-order valence-corrected chi connectivity index (χ2v) is 9.90. The fourth-order valence-electron chi connectivity index (χ4n) is 5.59. The highest BCUT2D eigenvalue weighted by atomic mass is 16.5. The molecule has 2 aliphatic rings. The molecule has 0 amide bonds. The Bertz CT molecular complexity index is 1680. The summed E-state index contributed by atoms with van der Waals surface area (Å²) in [6, 6.07) is 17.0. The lowest BCUT2D eigenvalue weighted by molar-refractivity contribution is 0.0129. The number of ketones is 2. The lowest BCUT2D eigenvalue weighted by atomic mass is 9.69. The van der Waals surface area contributed by atoms with E-state index >= 15 is 0 Å². The average Bonchev–Trinajstić information content (AvgIpc) is 2.93. The van der Waals surface area contributed by atoms with Crippen molar-refractivity contribution >= 4 is 11.6 Å². The number of phenolic OH excluding ortho intramolecular Hbond substituents is 5. The van der Waals surface area contributed by atoms with Crippen LogP contribution in [0, 0.1) is 11.8 Å². The molecule has 5 N–H and O–H groups in total. The van der Waals surface area contributed by atoms with E-state index in [0.717, 1.165) is 12.1 Å². The number of methoxy groups -OCH3 is 1. The number of fused-ring (bicyclic) bond motifs is 2. The van der Waals surface area contributed by atoms with Gasteiger partial charge in [0.2, 0.25) is 0 Å². The number of ether oxygens (including phenoxy) is 3. The maximum atomic E-state index is 14.3. The zero-order chi connectivity index (χ0) is 29.0. The molecule has 2 aliphatic heterocycles. The number of aromatic hydroxyl groups is 5. The van der Waals surface area contributed by atoms with Crippen LogP contribution in [0.4, 0.5) is 0 Å². The largest absolute Gasteiger partial charge is 0.508 e. The highest BCUT2D eigenvalue weighted by molar-refractivity contribution is 6.11. The summed E-state index contributed by atoms with van der Waals surface area (Å²) in [6.07, 6.45) is -2.23. The number of hydrogen-bond donors (Lipinski definition) is 5. The van der Waals surface area contributed by atoms with Crippen LogP contribution in [-0.4, -0.2) is 44.2 Å². The van der Waals surface area contributed by atoms with Crippen molar-refractivity contribution < 1.29 is 49.3 Å². The molecule has 2 heterocycles. The van der Waals surface area contributed by atoms with Crippen LogP contribution in [0.25, 0.3) is 0 Å². The second kappa shape index (κ2) is 9.67. The van der Waals surface area contributed by atoms with Gasteiger partial charge in [-0.3, -0.25) is 9.59 Å². The summed E-state index contributed by atoms with van der Waals surface area (Å²) in [6.45, 7) is 0. The summed E-state index contributed by atoms with van der Waals surface area (Å²) in [5, 5.41) is 51.4. The molecule has 0 saturated carbocycles. The van der Waals surface area contributed by atoms with Gasteiger partial charge in [-0.05, 0) is 35.4 Å². The zero-order valence-corrected chi connectivity index (χ0v) is 21.5. The van der Waals surface area contributed by atoms with Gasteiger partial charge in [-0.25, -0.2) is 0 Å². The van der Waals surface area contributed by atoms with Crippen molar-refractivity contribution in [2.45, 2.75) is 12.2 Å². The van der Waals surface area contributed by atoms with Crippen molar-refractivity contribution in [1.29, 1.82) is 0 Å². The van der Waals surface area contributed by atoms with E-state index in [2.05, 4.69) is 0 Å². The van der Waals surface area contributed by atoms with Gasteiger partial charge < -0.3 is 39.7 Å². The van der Waals surface area contributed by atoms with Gasteiger partial charge in [0, 0.05) is 24.3 Å². The molecule has 0 fully saturated rings. The number of carbonyl (C=O) groups is 2. The smallest absolute Gasteiger partial charge is 0.178 e. The fourth-order valence-corrected chi connectivity index (χ4v) is 5.59. The minimum absolute atomic E-state index is 0.0324. The van der Waals surface area contributed by atoms with Crippen LogP contribution in [0.1, 0.15) is 44.1 Å². The van der Waals surface area contributed by atoms with E-state index in [1.165, 1.54) is 43.5 Å². The van der Waals surface area contributed by atoms with E-state index in [0.29, 0.717) is 16.9 Å². The second-order valence-electron chi connectivity index (χ2n) is 9.90. The van der Waals surface area contributed by atoms with Crippen LogP contribution in [-0.2, 0) is 0 Å². The van der Waals surface area contributed by atoms with Crippen LogP contribution >= 0.6 is 0 Å². The number of hydrogen-bond acceptors (Lipinski definition) is 10. The Kier molecular flexibility index (Phi) is 6.10. The Morgan fingerprint density at radius 2 is 1.00 bits per heavy atom. The molecule has 0 saturated heterocycles. The quantitative estimate of drug-likeness (QED) is 0.236. The standard InChI is InChI=1S/C31H24O10/c1-39-19-8-4-15(5-9-19)31-27(29(38)25-21(36)11-18(34)13-23(25)41-31)26-28(37)24-20(35)10-17(33)12-22(24)40-30(26)14-2-6-16(32)7-3-14/h2-13,26-27,30-36H,1H3/t26-,27+,30-,31-/m1/s1. The van der Waals surface area contributed by atoms with Crippen molar-refractivity contribution in [3.05, 3.63) is 95.1 Å². The Morgan fingerprint density at radius 1 is 0.585 bits per heavy atom.